The molecule has 2 N–H and O–H groups in total. The lowest BCUT2D eigenvalue weighted by Crippen LogP contribution is -2.05. The van der Waals surface area contributed by atoms with Crippen LogP contribution in [-0.4, -0.2) is 60.5 Å². The van der Waals surface area contributed by atoms with Crippen molar-refractivity contribution in [3.8, 4) is 0 Å². The smallest absolute Gasteiger partial charge is 0.264 e. The Bertz CT molecular complexity index is 376. The second-order valence-corrected chi connectivity index (χ2v) is 9.45. The van der Waals surface area contributed by atoms with Gasteiger partial charge in [0.1, 0.15) is 0 Å². The van der Waals surface area contributed by atoms with Crippen molar-refractivity contribution in [1.82, 2.24) is 0 Å². The molecule has 0 heterocycles. The lowest BCUT2D eigenvalue weighted by Gasteiger charge is -2.02. The van der Waals surface area contributed by atoms with E-state index >= 15 is 0 Å². The second-order valence-electron chi connectivity index (χ2n) is 3.86. The highest BCUT2D eigenvalue weighted by Crippen LogP contribution is 2.10. The Balaban J connectivity index is 3.20. The molecule has 0 fully saturated rings. The molecule has 10 heteroatoms. The fraction of sp³-hybridized carbons (Fsp3) is 1.00. The van der Waals surface area contributed by atoms with Gasteiger partial charge in [0.05, 0.1) is 11.5 Å². The van der Waals surface area contributed by atoms with E-state index in [-0.39, 0.29) is 11.5 Å². The number of rotatable bonds is 12. The predicted octanol–water partition coefficient (Wildman–Crippen LogP) is 1.40. The Morgan fingerprint density at radius 2 is 0.947 bits per heavy atom. The van der Waals surface area contributed by atoms with Crippen LogP contribution >= 0.6 is 23.5 Å². The third-order valence-electron chi connectivity index (χ3n) is 1.96. The lowest BCUT2D eigenvalue weighted by molar-refractivity contribution is 0.480. The Kier molecular flexibility index (Phi) is 10.6. The van der Waals surface area contributed by atoms with Gasteiger partial charge in [-0.2, -0.15) is 40.4 Å². The number of hydrogen-bond acceptors (Lipinski definition) is 6. The van der Waals surface area contributed by atoms with Crippen LogP contribution < -0.4 is 0 Å². The fourth-order valence-corrected chi connectivity index (χ4v) is 4.52. The van der Waals surface area contributed by atoms with E-state index in [0.29, 0.717) is 24.3 Å². The Labute approximate surface area is 123 Å². The summed E-state index contributed by atoms with van der Waals surface area (Å²) >= 11 is 3.27. The van der Waals surface area contributed by atoms with Crippen molar-refractivity contribution >= 4 is 43.8 Å². The van der Waals surface area contributed by atoms with Gasteiger partial charge in [-0.15, -0.1) is 0 Å². The lowest BCUT2D eigenvalue weighted by atomic mass is 10.6. The molecule has 0 aromatic carbocycles. The molecule has 0 spiro atoms. The molecule has 0 amide bonds. The molecule has 0 radical (unpaired) electrons. The molecule has 0 aliphatic heterocycles. The molecule has 0 rings (SSSR count). The quantitative estimate of drug-likeness (QED) is 0.401. The minimum Gasteiger partial charge on any atom is -0.286 e. The van der Waals surface area contributed by atoms with Crippen molar-refractivity contribution in [2.75, 3.05) is 34.5 Å². The van der Waals surface area contributed by atoms with Crippen molar-refractivity contribution in [2.24, 2.45) is 0 Å². The summed E-state index contributed by atoms with van der Waals surface area (Å²) in [5, 5.41) is 0. The molecule has 116 valence electrons. The Morgan fingerprint density at radius 1 is 0.632 bits per heavy atom. The Morgan fingerprint density at radius 3 is 1.26 bits per heavy atom. The van der Waals surface area contributed by atoms with Crippen LogP contribution in [0.3, 0.4) is 0 Å². The van der Waals surface area contributed by atoms with Crippen molar-refractivity contribution < 1.29 is 25.9 Å². The van der Waals surface area contributed by atoms with E-state index in [1.54, 1.807) is 23.5 Å². The van der Waals surface area contributed by atoms with Crippen molar-refractivity contribution in [3.63, 3.8) is 0 Å². The summed E-state index contributed by atoms with van der Waals surface area (Å²) in [6.07, 6.45) is 1.86. The largest absolute Gasteiger partial charge is 0.286 e. The summed E-state index contributed by atoms with van der Waals surface area (Å²) in [7, 11) is -7.66. The van der Waals surface area contributed by atoms with Gasteiger partial charge in [0.25, 0.3) is 20.2 Å². The van der Waals surface area contributed by atoms with E-state index in [4.69, 9.17) is 9.11 Å². The van der Waals surface area contributed by atoms with Crippen molar-refractivity contribution in [3.05, 3.63) is 0 Å². The fourth-order valence-electron chi connectivity index (χ4n) is 1.15. The van der Waals surface area contributed by atoms with Gasteiger partial charge in [0.2, 0.25) is 0 Å². The first kappa shape index (κ1) is 19.5. The van der Waals surface area contributed by atoms with Crippen LogP contribution in [0.25, 0.3) is 0 Å². The van der Waals surface area contributed by atoms with Crippen LogP contribution in [0.5, 0.6) is 0 Å². The van der Waals surface area contributed by atoms with Crippen LogP contribution in [0.15, 0.2) is 0 Å². The molecule has 0 aromatic heterocycles. The van der Waals surface area contributed by atoms with Crippen molar-refractivity contribution in [2.45, 2.75) is 19.3 Å². The van der Waals surface area contributed by atoms with E-state index in [0.717, 1.165) is 17.9 Å². The third-order valence-corrected chi connectivity index (χ3v) is 5.88. The van der Waals surface area contributed by atoms with Gasteiger partial charge < -0.3 is 0 Å². The molecule has 0 bridgehead atoms. The second kappa shape index (κ2) is 10.3. The molecule has 0 unspecified atom stereocenters. The van der Waals surface area contributed by atoms with E-state index in [1.807, 2.05) is 0 Å². The first-order valence-corrected chi connectivity index (χ1v) is 11.3. The van der Waals surface area contributed by atoms with Gasteiger partial charge in [-0.05, 0) is 42.3 Å². The van der Waals surface area contributed by atoms with Crippen LogP contribution in [0.2, 0.25) is 0 Å². The molecule has 0 aromatic rings. The van der Waals surface area contributed by atoms with Crippen LogP contribution in [0.4, 0.5) is 0 Å². The summed E-state index contributed by atoms with van der Waals surface area (Å²) in [6, 6.07) is 0. The van der Waals surface area contributed by atoms with Crippen LogP contribution in [0, 0.1) is 0 Å². The maximum atomic E-state index is 10.4. The average Bonchev–Trinajstić information content (AvgIpc) is 2.22. The minimum atomic E-state index is -3.83. The standard InChI is InChI=1S/C9H20O6S4/c10-18(11,12)8-2-6-16-4-1-5-17-7-3-9-19(13,14)15/h1-9H2,(H,10,11,12)(H,13,14,15). The number of hydrogen-bond donors (Lipinski definition) is 2. The summed E-state index contributed by atoms with van der Waals surface area (Å²) < 4.78 is 58.7. The molecule has 19 heavy (non-hydrogen) atoms. The zero-order valence-corrected chi connectivity index (χ0v) is 13.8. The highest BCUT2D eigenvalue weighted by Gasteiger charge is 2.04. The minimum absolute atomic E-state index is 0.190. The predicted molar refractivity (Wildman–Crippen MR) is 81.3 cm³/mol. The summed E-state index contributed by atoms with van der Waals surface area (Å²) in [5.74, 6) is 2.85. The third kappa shape index (κ3) is 18.5. The van der Waals surface area contributed by atoms with Crippen molar-refractivity contribution in [1.29, 1.82) is 0 Å². The maximum absolute atomic E-state index is 10.4. The van der Waals surface area contributed by atoms with Gasteiger partial charge in [0.15, 0.2) is 0 Å². The molecular formula is C9H20O6S4. The molecule has 0 saturated heterocycles. The van der Waals surface area contributed by atoms with Gasteiger partial charge in [-0.1, -0.05) is 0 Å². The van der Waals surface area contributed by atoms with Gasteiger partial charge in [0, 0.05) is 0 Å². The molecule has 0 atom stereocenters. The topological polar surface area (TPSA) is 109 Å². The molecule has 0 aliphatic rings. The summed E-state index contributed by atoms with van der Waals surface area (Å²) in [4.78, 5) is 0. The Hall–Kier alpha value is 0.520. The van der Waals surface area contributed by atoms with E-state index in [2.05, 4.69) is 0 Å². The zero-order chi connectivity index (χ0) is 14.8. The summed E-state index contributed by atoms with van der Waals surface area (Å²) in [5.41, 5.74) is 0. The van der Waals surface area contributed by atoms with E-state index in [9.17, 15) is 16.8 Å². The highest BCUT2D eigenvalue weighted by molar-refractivity contribution is 8.00. The van der Waals surface area contributed by atoms with Gasteiger partial charge in [-0.25, -0.2) is 0 Å². The average molecular weight is 353 g/mol. The normalized spacial score (nSPS) is 12.7. The highest BCUT2D eigenvalue weighted by atomic mass is 32.2. The van der Waals surface area contributed by atoms with E-state index < -0.39 is 20.2 Å². The van der Waals surface area contributed by atoms with Crippen LogP contribution in [0.1, 0.15) is 19.3 Å². The molecule has 6 nitrogen and oxygen atoms in total. The monoisotopic (exact) mass is 352 g/mol. The van der Waals surface area contributed by atoms with Gasteiger partial charge >= 0.3 is 0 Å². The van der Waals surface area contributed by atoms with E-state index in [1.165, 1.54) is 0 Å². The molecule has 0 saturated carbocycles. The first-order valence-electron chi connectivity index (χ1n) is 5.76. The maximum Gasteiger partial charge on any atom is 0.264 e. The first-order chi connectivity index (χ1) is 8.71. The molecular weight excluding hydrogens is 332 g/mol. The SMILES string of the molecule is O=S(=O)(O)CCCSCCCSCCCS(=O)(=O)O. The summed E-state index contributed by atoms with van der Waals surface area (Å²) in [6.45, 7) is 0. The number of thioether (sulfide) groups is 2. The van der Waals surface area contributed by atoms with Gasteiger partial charge in [-0.3, -0.25) is 9.11 Å². The van der Waals surface area contributed by atoms with Crippen LogP contribution in [-0.2, 0) is 20.2 Å². The zero-order valence-electron chi connectivity index (χ0n) is 10.5. The molecule has 0 aliphatic carbocycles.